The minimum atomic E-state index is -0.487. The highest BCUT2D eigenvalue weighted by Crippen LogP contribution is 2.28. The summed E-state index contributed by atoms with van der Waals surface area (Å²) >= 11 is 5.85. The SMILES string of the molecule is COc1c(C)cccc1C1=N/C(=C\c2ccc(Cl)cc2)C(=O)O1. The minimum Gasteiger partial charge on any atom is -0.496 e. The molecule has 0 saturated heterocycles. The number of ether oxygens (including phenoxy) is 2. The molecule has 4 nitrogen and oxygen atoms in total. The lowest BCUT2D eigenvalue weighted by molar-refractivity contribution is -0.129. The second-order valence-corrected chi connectivity index (χ2v) is 5.48. The maximum Gasteiger partial charge on any atom is 0.363 e. The van der Waals surface area contributed by atoms with Gasteiger partial charge in [-0.25, -0.2) is 9.79 Å². The van der Waals surface area contributed by atoms with Crippen LogP contribution in [0.5, 0.6) is 5.75 Å². The Bertz CT molecular complexity index is 823. The van der Waals surface area contributed by atoms with Gasteiger partial charge >= 0.3 is 5.97 Å². The van der Waals surface area contributed by atoms with E-state index in [4.69, 9.17) is 21.1 Å². The molecule has 0 amide bonds. The average molecular weight is 328 g/mol. The van der Waals surface area contributed by atoms with Gasteiger partial charge in [-0.05, 0) is 42.3 Å². The van der Waals surface area contributed by atoms with Crippen molar-refractivity contribution in [2.45, 2.75) is 6.92 Å². The summed E-state index contributed by atoms with van der Waals surface area (Å²) in [4.78, 5) is 16.3. The molecule has 0 aromatic heterocycles. The Morgan fingerprint density at radius 1 is 1.17 bits per heavy atom. The van der Waals surface area contributed by atoms with Gasteiger partial charge in [-0.2, -0.15) is 0 Å². The number of rotatable bonds is 3. The summed E-state index contributed by atoms with van der Waals surface area (Å²) < 4.78 is 10.7. The number of carbonyl (C=O) groups excluding carboxylic acids is 1. The van der Waals surface area contributed by atoms with Crippen LogP contribution < -0.4 is 4.74 Å². The molecule has 3 rings (SSSR count). The molecule has 0 radical (unpaired) electrons. The van der Waals surface area contributed by atoms with E-state index in [0.717, 1.165) is 11.1 Å². The Balaban J connectivity index is 1.99. The van der Waals surface area contributed by atoms with Crippen LogP contribution in [-0.2, 0) is 9.53 Å². The molecule has 1 aliphatic heterocycles. The fourth-order valence-electron chi connectivity index (χ4n) is 2.33. The van der Waals surface area contributed by atoms with Crippen molar-refractivity contribution in [3.8, 4) is 5.75 Å². The van der Waals surface area contributed by atoms with E-state index in [1.54, 1.807) is 25.3 Å². The van der Waals surface area contributed by atoms with Crippen molar-refractivity contribution in [3.05, 3.63) is 69.9 Å². The van der Waals surface area contributed by atoms with Gasteiger partial charge in [0.2, 0.25) is 5.90 Å². The number of para-hydroxylation sites is 1. The van der Waals surface area contributed by atoms with Crippen LogP contribution in [0.1, 0.15) is 16.7 Å². The summed E-state index contributed by atoms with van der Waals surface area (Å²) in [5.41, 5.74) is 2.66. The van der Waals surface area contributed by atoms with Gasteiger partial charge < -0.3 is 9.47 Å². The first-order chi connectivity index (χ1) is 11.1. The molecule has 116 valence electrons. The molecular formula is C18H14ClNO3. The van der Waals surface area contributed by atoms with E-state index in [2.05, 4.69) is 4.99 Å². The van der Waals surface area contributed by atoms with E-state index in [9.17, 15) is 4.79 Å². The molecule has 0 bridgehead atoms. The van der Waals surface area contributed by atoms with Crippen molar-refractivity contribution in [1.82, 2.24) is 0 Å². The zero-order chi connectivity index (χ0) is 16.4. The zero-order valence-electron chi connectivity index (χ0n) is 12.7. The predicted molar refractivity (Wildman–Crippen MR) is 89.8 cm³/mol. The molecular weight excluding hydrogens is 314 g/mol. The first-order valence-corrected chi connectivity index (χ1v) is 7.38. The molecule has 1 heterocycles. The summed E-state index contributed by atoms with van der Waals surface area (Å²) in [7, 11) is 1.58. The third-order valence-corrected chi connectivity index (χ3v) is 3.69. The van der Waals surface area contributed by atoms with E-state index in [-0.39, 0.29) is 11.6 Å². The minimum absolute atomic E-state index is 0.242. The Labute approximate surface area is 139 Å². The van der Waals surface area contributed by atoms with Gasteiger partial charge in [-0.1, -0.05) is 35.9 Å². The van der Waals surface area contributed by atoms with Gasteiger partial charge in [0.25, 0.3) is 0 Å². The highest BCUT2D eigenvalue weighted by molar-refractivity contribution is 6.30. The van der Waals surface area contributed by atoms with Crippen LogP contribution in [0.2, 0.25) is 5.02 Å². The molecule has 0 aliphatic carbocycles. The van der Waals surface area contributed by atoms with Gasteiger partial charge in [0, 0.05) is 5.02 Å². The normalized spacial score (nSPS) is 15.5. The van der Waals surface area contributed by atoms with Crippen molar-refractivity contribution < 1.29 is 14.3 Å². The standard InChI is InChI=1S/C18H14ClNO3/c1-11-4-3-5-14(16(11)22-2)17-20-15(18(21)23-17)10-12-6-8-13(19)9-7-12/h3-10H,1-2H3/b15-10-. The van der Waals surface area contributed by atoms with Crippen molar-refractivity contribution in [2.75, 3.05) is 7.11 Å². The highest BCUT2D eigenvalue weighted by atomic mass is 35.5. The number of hydrogen-bond donors (Lipinski definition) is 0. The highest BCUT2D eigenvalue weighted by Gasteiger charge is 2.26. The molecule has 2 aromatic rings. The van der Waals surface area contributed by atoms with Gasteiger partial charge in [0.05, 0.1) is 12.7 Å². The zero-order valence-corrected chi connectivity index (χ0v) is 13.4. The molecule has 0 spiro atoms. The third kappa shape index (κ3) is 3.12. The van der Waals surface area contributed by atoms with E-state index in [1.165, 1.54) is 0 Å². The molecule has 5 heteroatoms. The number of hydrogen-bond acceptors (Lipinski definition) is 4. The molecule has 0 saturated carbocycles. The number of halogens is 1. The summed E-state index contributed by atoms with van der Waals surface area (Å²) in [6.07, 6.45) is 1.66. The number of aliphatic imine (C=N–C) groups is 1. The first-order valence-electron chi connectivity index (χ1n) is 7.00. The number of cyclic esters (lactones) is 1. The van der Waals surface area contributed by atoms with Gasteiger partial charge in [-0.3, -0.25) is 0 Å². The van der Waals surface area contributed by atoms with Crippen LogP contribution in [0.15, 0.2) is 53.2 Å². The lowest BCUT2D eigenvalue weighted by Crippen LogP contribution is -2.07. The average Bonchev–Trinajstić information content (AvgIpc) is 2.90. The number of nitrogens with zero attached hydrogens (tertiary/aromatic N) is 1. The topological polar surface area (TPSA) is 47.9 Å². The monoisotopic (exact) mass is 327 g/mol. The number of benzene rings is 2. The van der Waals surface area contributed by atoms with E-state index in [0.29, 0.717) is 16.3 Å². The maximum absolute atomic E-state index is 12.0. The predicted octanol–water partition coefficient (Wildman–Crippen LogP) is 4.00. The van der Waals surface area contributed by atoms with Crippen LogP contribution in [0.4, 0.5) is 0 Å². The van der Waals surface area contributed by atoms with E-state index in [1.807, 2.05) is 37.3 Å². The third-order valence-electron chi connectivity index (χ3n) is 3.44. The second kappa shape index (κ2) is 6.26. The Morgan fingerprint density at radius 3 is 2.61 bits per heavy atom. The Morgan fingerprint density at radius 2 is 1.91 bits per heavy atom. The van der Waals surface area contributed by atoms with Crippen LogP contribution in [-0.4, -0.2) is 19.0 Å². The molecule has 0 N–H and O–H groups in total. The Hall–Kier alpha value is -2.59. The second-order valence-electron chi connectivity index (χ2n) is 5.04. The van der Waals surface area contributed by atoms with Crippen molar-refractivity contribution >= 4 is 29.5 Å². The maximum atomic E-state index is 12.0. The summed E-state index contributed by atoms with van der Waals surface area (Å²) in [6.45, 7) is 1.92. The smallest absolute Gasteiger partial charge is 0.363 e. The van der Waals surface area contributed by atoms with E-state index < -0.39 is 5.97 Å². The van der Waals surface area contributed by atoms with Crippen molar-refractivity contribution in [2.24, 2.45) is 4.99 Å². The van der Waals surface area contributed by atoms with Crippen LogP contribution in [0.3, 0.4) is 0 Å². The first kappa shape index (κ1) is 15.3. The van der Waals surface area contributed by atoms with Crippen LogP contribution >= 0.6 is 11.6 Å². The molecule has 0 fully saturated rings. The molecule has 23 heavy (non-hydrogen) atoms. The molecule has 0 unspecified atom stereocenters. The van der Waals surface area contributed by atoms with Gasteiger partial charge in [0.15, 0.2) is 5.70 Å². The number of methoxy groups -OCH3 is 1. The lowest BCUT2D eigenvalue weighted by atomic mass is 10.1. The molecule has 0 atom stereocenters. The van der Waals surface area contributed by atoms with Crippen LogP contribution in [0.25, 0.3) is 6.08 Å². The van der Waals surface area contributed by atoms with Crippen molar-refractivity contribution in [1.29, 1.82) is 0 Å². The fourth-order valence-corrected chi connectivity index (χ4v) is 2.46. The number of aryl methyl sites for hydroxylation is 1. The van der Waals surface area contributed by atoms with E-state index >= 15 is 0 Å². The summed E-state index contributed by atoms with van der Waals surface area (Å²) in [5, 5.41) is 0.634. The molecule has 1 aliphatic rings. The van der Waals surface area contributed by atoms with Gasteiger partial charge in [-0.15, -0.1) is 0 Å². The molecule has 2 aromatic carbocycles. The Kier molecular flexibility index (Phi) is 4.17. The summed E-state index contributed by atoms with van der Waals surface area (Å²) in [6, 6.07) is 12.7. The fraction of sp³-hybridized carbons (Fsp3) is 0.111. The largest absolute Gasteiger partial charge is 0.496 e. The van der Waals surface area contributed by atoms with Crippen LogP contribution in [0, 0.1) is 6.92 Å². The van der Waals surface area contributed by atoms with Crippen molar-refractivity contribution in [3.63, 3.8) is 0 Å². The van der Waals surface area contributed by atoms with Gasteiger partial charge in [0.1, 0.15) is 5.75 Å². The quantitative estimate of drug-likeness (QED) is 0.632. The number of carbonyl (C=O) groups is 1. The summed E-state index contributed by atoms with van der Waals surface area (Å²) in [5.74, 6) is 0.404. The number of esters is 1. The lowest BCUT2D eigenvalue weighted by Gasteiger charge is -2.09.